The van der Waals surface area contributed by atoms with Crippen molar-refractivity contribution in [3.63, 3.8) is 0 Å². The molecule has 1 N–H and O–H groups in total. The van der Waals surface area contributed by atoms with Crippen LogP contribution < -0.4 is 23.8 Å². The van der Waals surface area contributed by atoms with Gasteiger partial charge < -0.3 is 28.5 Å². The van der Waals surface area contributed by atoms with Crippen LogP contribution in [-0.2, 0) is 4.79 Å². The van der Waals surface area contributed by atoms with Gasteiger partial charge in [-0.05, 0) is 61.4 Å². The number of unbranched alkanes of at least 4 members (excludes halogenated alkanes) is 1. The van der Waals surface area contributed by atoms with E-state index >= 15 is 0 Å². The number of rotatable bonds is 12. The minimum absolute atomic E-state index is 0.0470. The van der Waals surface area contributed by atoms with Crippen molar-refractivity contribution in [3.05, 3.63) is 83.3 Å². The van der Waals surface area contributed by atoms with Crippen molar-refractivity contribution in [2.45, 2.75) is 32.7 Å². The first-order valence-corrected chi connectivity index (χ1v) is 15.4. The summed E-state index contributed by atoms with van der Waals surface area (Å²) in [6.45, 7) is 4.82. The van der Waals surface area contributed by atoms with E-state index in [1.54, 1.807) is 61.7 Å². The van der Waals surface area contributed by atoms with Crippen molar-refractivity contribution in [2.75, 3.05) is 32.3 Å². The molecule has 0 radical (unpaired) electrons. The fourth-order valence-electron chi connectivity index (χ4n) is 5.32. The first kappa shape index (κ1) is 30.0. The SMILES string of the molecule is CCCCOc1ccc(C2C(C(=O)c3cc4cccc(OC)c4o3)=C(O)C(=O)N2c2nc3ccc(OC)cc3s2)cc1OCC. The molecule has 10 nitrogen and oxygen atoms in total. The molecular formula is C34H32N2O8S. The Bertz CT molecular complexity index is 1940. The quantitative estimate of drug-likeness (QED) is 0.111. The number of anilines is 1. The lowest BCUT2D eigenvalue weighted by atomic mass is 9.95. The Balaban J connectivity index is 1.49. The van der Waals surface area contributed by atoms with Gasteiger partial charge in [-0.2, -0.15) is 0 Å². The van der Waals surface area contributed by atoms with E-state index in [-0.39, 0.29) is 11.3 Å². The molecule has 1 atom stereocenters. The van der Waals surface area contributed by atoms with Crippen molar-refractivity contribution in [3.8, 4) is 23.0 Å². The van der Waals surface area contributed by atoms with E-state index in [4.69, 9.17) is 28.3 Å². The molecule has 5 aromatic rings. The van der Waals surface area contributed by atoms with Gasteiger partial charge in [0.1, 0.15) is 5.75 Å². The summed E-state index contributed by atoms with van der Waals surface area (Å²) in [6.07, 6.45) is 1.84. The van der Waals surface area contributed by atoms with Crippen molar-refractivity contribution in [1.29, 1.82) is 0 Å². The number of benzene rings is 3. The first-order chi connectivity index (χ1) is 21.9. The third-order valence-corrected chi connectivity index (χ3v) is 8.55. The van der Waals surface area contributed by atoms with Crippen LogP contribution in [-0.4, -0.2) is 49.2 Å². The van der Waals surface area contributed by atoms with Crippen molar-refractivity contribution >= 4 is 49.3 Å². The number of thiazole rings is 1. The predicted octanol–water partition coefficient (Wildman–Crippen LogP) is 7.42. The summed E-state index contributed by atoms with van der Waals surface area (Å²) < 4.78 is 29.4. The van der Waals surface area contributed by atoms with Crippen LogP contribution in [0.4, 0.5) is 5.13 Å². The monoisotopic (exact) mass is 628 g/mol. The number of nitrogens with zero attached hydrogens (tertiary/aromatic N) is 2. The number of hydrogen-bond donors (Lipinski definition) is 1. The molecule has 0 aliphatic carbocycles. The van der Waals surface area contributed by atoms with E-state index in [9.17, 15) is 14.7 Å². The highest BCUT2D eigenvalue weighted by Gasteiger charge is 2.47. The number of aromatic nitrogens is 1. The zero-order chi connectivity index (χ0) is 31.7. The standard InChI is InChI=1S/C34H32N2O8S/c1-5-7-15-43-23-14-11-19(16-25(23)42-6-2)29-28(30(37)26-17-20-9-8-10-24(41-4)32(20)44-26)31(38)33(39)36(29)34-35-22-13-12-21(40-3)18-27(22)45-34/h8-14,16-18,29,38H,5-7,15H2,1-4H3. The van der Waals surface area contributed by atoms with Gasteiger partial charge in [-0.1, -0.05) is 42.9 Å². The van der Waals surface area contributed by atoms with Crippen LogP contribution in [0.15, 0.2) is 76.4 Å². The van der Waals surface area contributed by atoms with Gasteiger partial charge >= 0.3 is 0 Å². The molecule has 6 rings (SSSR count). The number of aliphatic hydroxyl groups is 1. The molecule has 3 heterocycles. The third kappa shape index (κ3) is 5.44. The number of Topliss-reactive ketones (excluding diaryl/α,β-unsaturated/α-hetero) is 1. The molecule has 1 unspecified atom stereocenters. The molecule has 0 bridgehead atoms. The second-order valence-electron chi connectivity index (χ2n) is 10.3. The topological polar surface area (TPSA) is 121 Å². The summed E-state index contributed by atoms with van der Waals surface area (Å²) >= 11 is 1.25. The molecule has 232 valence electrons. The lowest BCUT2D eigenvalue weighted by Crippen LogP contribution is -2.31. The highest BCUT2D eigenvalue weighted by molar-refractivity contribution is 7.22. The number of furan rings is 1. The predicted molar refractivity (Wildman–Crippen MR) is 171 cm³/mol. The van der Waals surface area contributed by atoms with E-state index in [1.807, 2.05) is 13.0 Å². The maximum absolute atomic E-state index is 14.2. The maximum Gasteiger partial charge on any atom is 0.296 e. The molecule has 1 aliphatic heterocycles. The van der Waals surface area contributed by atoms with Gasteiger partial charge in [0, 0.05) is 5.39 Å². The summed E-state index contributed by atoms with van der Waals surface area (Å²) in [5.74, 6) is -0.0409. The Kier molecular flexibility index (Phi) is 8.36. The summed E-state index contributed by atoms with van der Waals surface area (Å²) in [4.78, 5) is 34.1. The number of amides is 1. The lowest BCUT2D eigenvalue weighted by molar-refractivity contribution is -0.117. The number of methoxy groups -OCH3 is 2. The van der Waals surface area contributed by atoms with E-state index in [2.05, 4.69) is 6.92 Å². The van der Waals surface area contributed by atoms with Crippen LogP contribution in [0.1, 0.15) is 48.8 Å². The maximum atomic E-state index is 14.2. The summed E-state index contributed by atoms with van der Waals surface area (Å²) in [7, 11) is 3.08. The van der Waals surface area contributed by atoms with Gasteiger partial charge in [-0.25, -0.2) is 4.98 Å². The second-order valence-corrected chi connectivity index (χ2v) is 11.3. The Hall–Kier alpha value is -5.03. The highest BCUT2D eigenvalue weighted by atomic mass is 32.1. The minimum Gasteiger partial charge on any atom is -0.503 e. The molecule has 3 aromatic carbocycles. The number of carbonyl (C=O) groups excluding carboxylic acids is 2. The van der Waals surface area contributed by atoms with E-state index < -0.39 is 23.5 Å². The van der Waals surface area contributed by atoms with Gasteiger partial charge in [-0.3, -0.25) is 14.5 Å². The molecule has 0 saturated heterocycles. The van der Waals surface area contributed by atoms with Gasteiger partial charge in [0.15, 0.2) is 39.5 Å². The lowest BCUT2D eigenvalue weighted by Gasteiger charge is -2.25. The van der Waals surface area contributed by atoms with Gasteiger partial charge in [-0.15, -0.1) is 0 Å². The Morgan fingerprint density at radius 2 is 1.84 bits per heavy atom. The number of para-hydroxylation sites is 1. The number of ether oxygens (including phenoxy) is 4. The summed E-state index contributed by atoms with van der Waals surface area (Å²) in [6, 6.07) is 16.5. The number of hydrogen-bond acceptors (Lipinski definition) is 10. The van der Waals surface area contributed by atoms with Crippen LogP contribution in [0.2, 0.25) is 0 Å². The molecule has 45 heavy (non-hydrogen) atoms. The van der Waals surface area contributed by atoms with Gasteiger partial charge in [0.2, 0.25) is 5.78 Å². The largest absolute Gasteiger partial charge is 0.503 e. The number of aliphatic hydroxyl groups excluding tert-OH is 1. The molecule has 1 amide bonds. The smallest absolute Gasteiger partial charge is 0.296 e. The molecule has 2 aromatic heterocycles. The Morgan fingerprint density at radius 1 is 1.00 bits per heavy atom. The van der Waals surface area contributed by atoms with Gasteiger partial charge in [0.05, 0.1) is 49.3 Å². The molecule has 0 fully saturated rings. The molecule has 0 spiro atoms. The summed E-state index contributed by atoms with van der Waals surface area (Å²) in [5.41, 5.74) is 1.40. The van der Waals surface area contributed by atoms with Crippen molar-refractivity contribution in [2.24, 2.45) is 0 Å². The number of carbonyl (C=O) groups is 2. The zero-order valence-corrected chi connectivity index (χ0v) is 26.1. The van der Waals surface area contributed by atoms with Gasteiger partial charge in [0.25, 0.3) is 5.91 Å². The van der Waals surface area contributed by atoms with E-state index in [1.165, 1.54) is 23.3 Å². The molecule has 0 saturated carbocycles. The van der Waals surface area contributed by atoms with Crippen LogP contribution in [0.3, 0.4) is 0 Å². The average Bonchev–Trinajstić information content (AvgIpc) is 3.75. The van der Waals surface area contributed by atoms with Crippen LogP contribution in [0.25, 0.3) is 21.2 Å². The Morgan fingerprint density at radius 3 is 2.60 bits per heavy atom. The van der Waals surface area contributed by atoms with Crippen LogP contribution >= 0.6 is 11.3 Å². The number of fused-ring (bicyclic) bond motifs is 2. The molecule has 1 aliphatic rings. The van der Waals surface area contributed by atoms with Crippen molar-refractivity contribution in [1.82, 2.24) is 4.98 Å². The highest BCUT2D eigenvalue weighted by Crippen LogP contribution is 2.46. The number of ketones is 1. The first-order valence-electron chi connectivity index (χ1n) is 14.6. The zero-order valence-electron chi connectivity index (χ0n) is 25.3. The fourth-order valence-corrected chi connectivity index (χ4v) is 6.34. The second kappa shape index (κ2) is 12.5. The van der Waals surface area contributed by atoms with E-state index in [0.717, 1.165) is 17.5 Å². The fraction of sp³-hybridized carbons (Fsp3) is 0.265. The van der Waals surface area contributed by atoms with Crippen LogP contribution in [0.5, 0.6) is 23.0 Å². The van der Waals surface area contributed by atoms with Crippen LogP contribution in [0, 0.1) is 0 Å². The van der Waals surface area contributed by atoms with E-state index in [0.29, 0.717) is 63.4 Å². The average molecular weight is 629 g/mol. The normalized spacial score (nSPS) is 14.9. The molecular weight excluding hydrogens is 596 g/mol. The molecule has 11 heteroatoms. The van der Waals surface area contributed by atoms with Crippen molar-refractivity contribution < 1.29 is 38.1 Å². The minimum atomic E-state index is -1.05. The third-order valence-electron chi connectivity index (χ3n) is 7.53. The summed E-state index contributed by atoms with van der Waals surface area (Å²) in [5, 5.41) is 12.3. The Labute approximate surface area is 263 Å².